The molecule has 0 radical (unpaired) electrons. The van der Waals surface area contributed by atoms with E-state index in [9.17, 15) is 4.39 Å². The van der Waals surface area contributed by atoms with Crippen LogP contribution in [0.4, 0.5) is 4.39 Å². The Hall–Kier alpha value is -1.33. The molecule has 0 bridgehead atoms. The molecular formula is C14H15BrFNO2. The van der Waals surface area contributed by atoms with Gasteiger partial charge in [0.05, 0.1) is 12.3 Å². The Morgan fingerprint density at radius 1 is 1.42 bits per heavy atom. The fourth-order valence-corrected chi connectivity index (χ4v) is 2.14. The molecule has 1 aromatic carbocycles. The molecule has 19 heavy (non-hydrogen) atoms. The molecule has 1 N–H and O–H groups in total. The summed E-state index contributed by atoms with van der Waals surface area (Å²) in [5.41, 5.74) is 0. The minimum Gasteiger partial charge on any atom is -0.492 e. The van der Waals surface area contributed by atoms with E-state index < -0.39 is 0 Å². The third-order valence-electron chi connectivity index (χ3n) is 2.63. The van der Waals surface area contributed by atoms with Gasteiger partial charge < -0.3 is 14.5 Å². The van der Waals surface area contributed by atoms with Crippen molar-refractivity contribution in [2.24, 2.45) is 0 Å². The molecule has 0 aliphatic heterocycles. The minimum absolute atomic E-state index is 0.123. The van der Waals surface area contributed by atoms with Crippen LogP contribution in [-0.2, 0) is 0 Å². The van der Waals surface area contributed by atoms with Crippen molar-refractivity contribution in [3.05, 3.63) is 52.6 Å². The molecule has 0 saturated carbocycles. The van der Waals surface area contributed by atoms with Gasteiger partial charge in [0.1, 0.15) is 23.9 Å². The molecule has 0 aliphatic rings. The van der Waals surface area contributed by atoms with Gasteiger partial charge in [-0.05, 0) is 31.2 Å². The van der Waals surface area contributed by atoms with E-state index >= 15 is 0 Å². The molecule has 0 fully saturated rings. The molecule has 3 nitrogen and oxygen atoms in total. The molecule has 1 atom stereocenters. The summed E-state index contributed by atoms with van der Waals surface area (Å²) in [4.78, 5) is 0. The van der Waals surface area contributed by atoms with Gasteiger partial charge >= 0.3 is 0 Å². The second-order valence-corrected chi connectivity index (χ2v) is 5.06. The van der Waals surface area contributed by atoms with E-state index in [2.05, 4.69) is 21.2 Å². The maximum Gasteiger partial charge on any atom is 0.128 e. The van der Waals surface area contributed by atoms with E-state index in [1.54, 1.807) is 12.3 Å². The molecule has 2 rings (SSSR count). The summed E-state index contributed by atoms with van der Waals surface area (Å²) in [6.07, 6.45) is 1.65. The molecule has 1 aromatic heterocycles. The van der Waals surface area contributed by atoms with Crippen LogP contribution in [0.5, 0.6) is 5.75 Å². The van der Waals surface area contributed by atoms with Crippen molar-refractivity contribution in [1.82, 2.24) is 5.32 Å². The van der Waals surface area contributed by atoms with Crippen molar-refractivity contribution >= 4 is 15.9 Å². The van der Waals surface area contributed by atoms with Gasteiger partial charge in [-0.1, -0.05) is 15.9 Å². The Labute approximate surface area is 119 Å². The molecule has 0 aliphatic carbocycles. The number of benzene rings is 1. The van der Waals surface area contributed by atoms with Crippen LogP contribution in [0.25, 0.3) is 0 Å². The lowest BCUT2D eigenvalue weighted by Gasteiger charge is -2.12. The third-order valence-corrected chi connectivity index (χ3v) is 3.09. The average molecular weight is 328 g/mol. The maximum absolute atomic E-state index is 13.1. The third kappa shape index (κ3) is 4.36. The molecule has 0 saturated heterocycles. The van der Waals surface area contributed by atoms with Crippen LogP contribution >= 0.6 is 15.9 Å². The topological polar surface area (TPSA) is 34.4 Å². The zero-order chi connectivity index (χ0) is 13.7. The maximum atomic E-state index is 13.1. The summed E-state index contributed by atoms with van der Waals surface area (Å²) in [6.45, 7) is 3.12. The second kappa shape index (κ2) is 6.73. The molecule has 1 heterocycles. The van der Waals surface area contributed by atoms with Gasteiger partial charge in [-0.3, -0.25) is 0 Å². The first kappa shape index (κ1) is 14.1. The summed E-state index contributed by atoms with van der Waals surface area (Å²) in [7, 11) is 0. The van der Waals surface area contributed by atoms with E-state index in [1.807, 2.05) is 19.1 Å². The Kier molecular flexibility index (Phi) is 4.99. The molecule has 0 spiro atoms. The lowest BCUT2D eigenvalue weighted by atomic mass is 10.2. The summed E-state index contributed by atoms with van der Waals surface area (Å²) in [5, 5.41) is 3.26. The summed E-state index contributed by atoms with van der Waals surface area (Å²) >= 11 is 3.22. The molecule has 2 aromatic rings. The number of hydrogen-bond acceptors (Lipinski definition) is 3. The average Bonchev–Trinajstić information content (AvgIpc) is 2.87. The number of hydrogen-bond donors (Lipinski definition) is 1. The minimum atomic E-state index is -0.318. The lowest BCUT2D eigenvalue weighted by Crippen LogP contribution is -2.24. The predicted molar refractivity (Wildman–Crippen MR) is 74.7 cm³/mol. The van der Waals surface area contributed by atoms with Crippen LogP contribution in [-0.4, -0.2) is 13.2 Å². The van der Waals surface area contributed by atoms with E-state index in [1.165, 1.54) is 12.1 Å². The molecule has 0 amide bonds. The highest BCUT2D eigenvalue weighted by Crippen LogP contribution is 2.20. The molecule has 1 unspecified atom stereocenters. The molecular weight excluding hydrogens is 313 g/mol. The second-order valence-electron chi connectivity index (χ2n) is 4.14. The van der Waals surface area contributed by atoms with Gasteiger partial charge in [0.2, 0.25) is 0 Å². The van der Waals surface area contributed by atoms with Crippen molar-refractivity contribution in [3.63, 3.8) is 0 Å². The zero-order valence-corrected chi connectivity index (χ0v) is 12.1. The van der Waals surface area contributed by atoms with Crippen LogP contribution in [0.2, 0.25) is 0 Å². The van der Waals surface area contributed by atoms with E-state index in [0.29, 0.717) is 23.4 Å². The quantitative estimate of drug-likeness (QED) is 0.817. The van der Waals surface area contributed by atoms with Gasteiger partial charge in [0.25, 0.3) is 0 Å². The summed E-state index contributed by atoms with van der Waals surface area (Å²) in [6, 6.07) is 8.39. The fraction of sp³-hybridized carbons (Fsp3) is 0.286. The highest BCUT2D eigenvalue weighted by Gasteiger charge is 2.06. The number of halogens is 2. The number of rotatable bonds is 6. The van der Waals surface area contributed by atoms with E-state index in [-0.39, 0.29) is 11.9 Å². The lowest BCUT2D eigenvalue weighted by molar-refractivity contribution is 0.300. The van der Waals surface area contributed by atoms with Gasteiger partial charge in [-0.15, -0.1) is 0 Å². The first-order chi connectivity index (χ1) is 9.15. The predicted octanol–water partition coefficient (Wildman–Crippen LogP) is 3.91. The van der Waals surface area contributed by atoms with Crippen molar-refractivity contribution in [2.75, 3.05) is 13.2 Å². The SMILES string of the molecule is CC(NCCOc1cc(F)cc(Br)c1)c1ccco1. The van der Waals surface area contributed by atoms with E-state index in [4.69, 9.17) is 9.15 Å². The summed E-state index contributed by atoms with van der Waals surface area (Å²) in [5.74, 6) is 1.08. The van der Waals surface area contributed by atoms with Crippen LogP contribution in [0.3, 0.4) is 0 Å². The highest BCUT2D eigenvalue weighted by atomic mass is 79.9. The Morgan fingerprint density at radius 3 is 2.95 bits per heavy atom. The van der Waals surface area contributed by atoms with Crippen LogP contribution < -0.4 is 10.1 Å². The largest absolute Gasteiger partial charge is 0.492 e. The van der Waals surface area contributed by atoms with Gasteiger partial charge in [-0.25, -0.2) is 4.39 Å². The van der Waals surface area contributed by atoms with Gasteiger partial charge in [0.15, 0.2) is 0 Å². The van der Waals surface area contributed by atoms with E-state index in [0.717, 1.165) is 5.76 Å². The Morgan fingerprint density at radius 2 is 2.26 bits per heavy atom. The van der Waals surface area contributed by atoms with Gasteiger partial charge in [0, 0.05) is 17.1 Å². The Balaban J connectivity index is 1.75. The standard InChI is InChI=1S/C14H15BrFNO2/c1-10(14-3-2-5-19-14)17-4-6-18-13-8-11(15)7-12(16)9-13/h2-3,5,7-10,17H,4,6H2,1H3. The van der Waals surface area contributed by atoms with Crippen LogP contribution in [0.1, 0.15) is 18.7 Å². The van der Waals surface area contributed by atoms with Crippen molar-refractivity contribution in [3.8, 4) is 5.75 Å². The van der Waals surface area contributed by atoms with Crippen molar-refractivity contribution in [1.29, 1.82) is 0 Å². The Bertz CT molecular complexity index is 496. The normalized spacial score (nSPS) is 12.4. The fourth-order valence-electron chi connectivity index (χ4n) is 1.69. The zero-order valence-electron chi connectivity index (χ0n) is 10.5. The highest BCUT2D eigenvalue weighted by molar-refractivity contribution is 9.10. The first-order valence-corrected chi connectivity index (χ1v) is 6.80. The van der Waals surface area contributed by atoms with Crippen LogP contribution in [0.15, 0.2) is 45.5 Å². The first-order valence-electron chi connectivity index (χ1n) is 6.01. The van der Waals surface area contributed by atoms with Crippen molar-refractivity contribution in [2.45, 2.75) is 13.0 Å². The van der Waals surface area contributed by atoms with Gasteiger partial charge in [-0.2, -0.15) is 0 Å². The number of nitrogens with one attached hydrogen (secondary N) is 1. The van der Waals surface area contributed by atoms with Crippen molar-refractivity contribution < 1.29 is 13.5 Å². The number of furan rings is 1. The summed E-state index contributed by atoms with van der Waals surface area (Å²) < 4.78 is 24.5. The molecule has 5 heteroatoms. The van der Waals surface area contributed by atoms with Crippen LogP contribution in [0, 0.1) is 5.82 Å². The molecule has 102 valence electrons. The smallest absolute Gasteiger partial charge is 0.128 e. The number of ether oxygens (including phenoxy) is 1. The monoisotopic (exact) mass is 327 g/mol.